The van der Waals surface area contributed by atoms with Gasteiger partial charge in [0.2, 0.25) is 5.91 Å². The molecule has 0 spiro atoms. The molecule has 1 saturated heterocycles. The van der Waals surface area contributed by atoms with Gasteiger partial charge in [-0.1, -0.05) is 51.1 Å². The molecule has 0 aromatic heterocycles. The Kier molecular flexibility index (Phi) is 12.9. The number of rotatable bonds is 15. The minimum absolute atomic E-state index is 0.0922. The molecule has 3 aromatic carbocycles. The third-order valence-electron chi connectivity index (χ3n) is 8.81. The van der Waals surface area contributed by atoms with Crippen LogP contribution in [-0.4, -0.2) is 54.4 Å². The Morgan fingerprint density at radius 1 is 1.00 bits per heavy atom. The largest absolute Gasteiger partial charge is 0.494 e. The van der Waals surface area contributed by atoms with Crippen LogP contribution in [0.1, 0.15) is 79.7 Å². The highest BCUT2D eigenvalue weighted by atomic mass is 19.1. The molecule has 3 aromatic rings. The third-order valence-corrected chi connectivity index (χ3v) is 8.81. The van der Waals surface area contributed by atoms with Crippen LogP contribution < -0.4 is 21.1 Å². The molecule has 0 radical (unpaired) electrons. The highest BCUT2D eigenvalue weighted by Gasteiger charge is 2.31. The summed E-state index contributed by atoms with van der Waals surface area (Å²) in [6.07, 6.45) is 3.79. The smallest absolute Gasteiger partial charge is 0.254 e. The summed E-state index contributed by atoms with van der Waals surface area (Å²) in [5.74, 6) is -0.783. The van der Waals surface area contributed by atoms with Crippen molar-refractivity contribution in [3.05, 3.63) is 95.3 Å². The van der Waals surface area contributed by atoms with Crippen molar-refractivity contribution in [2.24, 2.45) is 23.5 Å². The number of nitrogens with zero attached hydrogens (tertiary/aromatic N) is 1. The first kappa shape index (κ1) is 35.6. The van der Waals surface area contributed by atoms with Gasteiger partial charge < -0.3 is 26.0 Å². The van der Waals surface area contributed by atoms with Gasteiger partial charge in [0.05, 0.1) is 6.61 Å². The van der Waals surface area contributed by atoms with E-state index in [9.17, 15) is 18.8 Å². The number of amides is 3. The van der Waals surface area contributed by atoms with E-state index in [1.165, 1.54) is 24.3 Å². The van der Waals surface area contributed by atoms with E-state index in [1.54, 1.807) is 18.2 Å². The van der Waals surface area contributed by atoms with Crippen LogP contribution in [0.25, 0.3) is 0 Å². The molecule has 4 rings (SSSR count). The number of likely N-dealkylation sites (tertiary alicyclic amines) is 1. The number of ether oxygens (including phenoxy) is 1. The van der Waals surface area contributed by atoms with Crippen molar-refractivity contribution < 1.29 is 23.5 Å². The number of anilines is 1. The van der Waals surface area contributed by atoms with Gasteiger partial charge in [0.15, 0.2) is 0 Å². The van der Waals surface area contributed by atoms with E-state index < -0.39 is 12.0 Å². The topological polar surface area (TPSA) is 114 Å². The number of nitrogens with one attached hydrogen (secondary N) is 2. The van der Waals surface area contributed by atoms with Crippen molar-refractivity contribution in [3.63, 3.8) is 0 Å². The van der Waals surface area contributed by atoms with Gasteiger partial charge in [0.1, 0.15) is 11.6 Å². The molecular formula is C38H49FN4O4. The average molecular weight is 645 g/mol. The number of halogens is 1. The lowest BCUT2D eigenvalue weighted by atomic mass is 9.85. The average Bonchev–Trinajstić information content (AvgIpc) is 3.51. The third kappa shape index (κ3) is 10.1. The summed E-state index contributed by atoms with van der Waals surface area (Å²) in [6.45, 7) is 9.33. The Balaban J connectivity index is 1.56. The van der Waals surface area contributed by atoms with Crippen LogP contribution in [0.5, 0.6) is 5.75 Å². The molecule has 252 valence electrons. The van der Waals surface area contributed by atoms with Crippen LogP contribution in [0.2, 0.25) is 0 Å². The summed E-state index contributed by atoms with van der Waals surface area (Å²) in [7, 11) is 0. The van der Waals surface area contributed by atoms with Gasteiger partial charge in [0, 0.05) is 41.4 Å². The monoisotopic (exact) mass is 644 g/mol. The fourth-order valence-electron chi connectivity index (χ4n) is 6.40. The fraction of sp³-hybridized carbons (Fsp3) is 0.447. The van der Waals surface area contributed by atoms with E-state index in [4.69, 9.17) is 10.5 Å². The Morgan fingerprint density at radius 2 is 1.70 bits per heavy atom. The Labute approximate surface area is 278 Å². The molecule has 0 aliphatic carbocycles. The maximum absolute atomic E-state index is 14.0. The van der Waals surface area contributed by atoms with Crippen molar-refractivity contribution in [1.29, 1.82) is 0 Å². The summed E-state index contributed by atoms with van der Waals surface area (Å²) < 4.78 is 19.2. The first-order chi connectivity index (χ1) is 22.6. The highest BCUT2D eigenvalue weighted by Crippen LogP contribution is 2.28. The number of hydrogen-bond acceptors (Lipinski definition) is 5. The first-order valence-electron chi connectivity index (χ1n) is 16.8. The number of carbonyl (C=O) groups excluding carboxylic acids is 3. The fourth-order valence-corrected chi connectivity index (χ4v) is 6.40. The van der Waals surface area contributed by atoms with E-state index in [1.807, 2.05) is 49.1 Å². The second-order valence-electron chi connectivity index (χ2n) is 13.0. The molecule has 1 fully saturated rings. The molecule has 0 bridgehead atoms. The maximum Gasteiger partial charge on any atom is 0.254 e. The molecule has 1 heterocycles. The van der Waals surface area contributed by atoms with E-state index in [-0.39, 0.29) is 42.0 Å². The quantitative estimate of drug-likeness (QED) is 0.176. The summed E-state index contributed by atoms with van der Waals surface area (Å²) in [4.78, 5) is 42.8. The van der Waals surface area contributed by atoms with Crippen molar-refractivity contribution >= 4 is 23.4 Å². The molecule has 9 heteroatoms. The molecule has 3 amide bonds. The molecule has 8 nitrogen and oxygen atoms in total. The minimum Gasteiger partial charge on any atom is -0.494 e. The highest BCUT2D eigenvalue weighted by molar-refractivity contribution is 6.00. The molecule has 1 aliphatic rings. The summed E-state index contributed by atoms with van der Waals surface area (Å²) >= 11 is 0. The lowest BCUT2D eigenvalue weighted by Gasteiger charge is -2.29. The predicted octanol–water partition coefficient (Wildman–Crippen LogP) is 6.46. The number of benzene rings is 3. The van der Waals surface area contributed by atoms with E-state index in [0.717, 1.165) is 24.8 Å². The van der Waals surface area contributed by atoms with Crippen molar-refractivity contribution in [1.82, 2.24) is 10.2 Å². The van der Waals surface area contributed by atoms with Crippen molar-refractivity contribution in [3.8, 4) is 5.75 Å². The Morgan fingerprint density at radius 3 is 2.36 bits per heavy atom. The van der Waals surface area contributed by atoms with Gasteiger partial charge >= 0.3 is 0 Å². The molecule has 0 unspecified atom stereocenters. The zero-order valence-corrected chi connectivity index (χ0v) is 28.0. The number of hydrogen-bond donors (Lipinski definition) is 3. The molecule has 4 N–H and O–H groups in total. The van der Waals surface area contributed by atoms with E-state index in [2.05, 4.69) is 24.5 Å². The van der Waals surface area contributed by atoms with Gasteiger partial charge in [-0.3, -0.25) is 14.4 Å². The molecule has 47 heavy (non-hydrogen) atoms. The summed E-state index contributed by atoms with van der Waals surface area (Å²) in [6, 6.07) is 20.2. The maximum atomic E-state index is 14.0. The van der Waals surface area contributed by atoms with Crippen molar-refractivity contribution in [2.45, 2.75) is 71.9 Å². The van der Waals surface area contributed by atoms with Crippen LogP contribution in [0.15, 0.2) is 72.8 Å². The Hall–Kier alpha value is -4.24. The normalized spacial score (nSPS) is 16.4. The van der Waals surface area contributed by atoms with Crippen LogP contribution in [0, 0.1) is 23.6 Å². The summed E-state index contributed by atoms with van der Waals surface area (Å²) in [5.41, 5.74) is 8.59. The van der Waals surface area contributed by atoms with Gasteiger partial charge in [-0.2, -0.15) is 0 Å². The van der Waals surface area contributed by atoms with Crippen LogP contribution >= 0.6 is 0 Å². The lowest BCUT2D eigenvalue weighted by Crippen LogP contribution is -2.45. The second kappa shape index (κ2) is 17.1. The molecule has 4 atom stereocenters. The van der Waals surface area contributed by atoms with Gasteiger partial charge in [0.25, 0.3) is 11.8 Å². The van der Waals surface area contributed by atoms with E-state index in [0.29, 0.717) is 54.5 Å². The zero-order chi connectivity index (χ0) is 33.9. The predicted molar refractivity (Wildman–Crippen MR) is 184 cm³/mol. The zero-order valence-electron chi connectivity index (χ0n) is 28.0. The molecule has 1 aliphatic heterocycles. The van der Waals surface area contributed by atoms with Crippen LogP contribution in [0.3, 0.4) is 0 Å². The second-order valence-corrected chi connectivity index (χ2v) is 13.0. The first-order valence-corrected chi connectivity index (χ1v) is 16.8. The Bertz CT molecular complexity index is 1480. The van der Waals surface area contributed by atoms with Gasteiger partial charge in [-0.15, -0.1) is 0 Å². The molecule has 0 saturated carbocycles. The summed E-state index contributed by atoms with van der Waals surface area (Å²) in [5, 5.41) is 6.04. The standard InChI is InChI=1S/C38H49FN4O4/c1-5-47-34-22-28(21-29(23-34)38(46)43-17-9-12-33(43)18-25(2)3)37(45)42-35(20-27-10-7-6-8-11-27)30(24-40)19-26(4)36(44)41-32-15-13-31(39)14-16-32/h6-8,10-11,13-16,21-23,25-26,30,33,35H,5,9,12,17-20,24,40H2,1-4H3,(H,41,44)(H,42,45)/t26-,30-,33-,35+/m1/s1. The number of carbonyl (C=O) groups is 3. The lowest BCUT2D eigenvalue weighted by molar-refractivity contribution is -0.119. The van der Waals surface area contributed by atoms with Gasteiger partial charge in [-0.05, 0) is 105 Å². The van der Waals surface area contributed by atoms with Crippen molar-refractivity contribution in [2.75, 3.05) is 25.0 Å². The number of nitrogens with two attached hydrogens (primary N) is 1. The van der Waals surface area contributed by atoms with Gasteiger partial charge in [-0.25, -0.2) is 4.39 Å². The van der Waals surface area contributed by atoms with Crippen LogP contribution in [-0.2, 0) is 11.2 Å². The van der Waals surface area contributed by atoms with Crippen LogP contribution in [0.4, 0.5) is 10.1 Å². The SMILES string of the molecule is CCOc1cc(C(=O)N[C@@H](Cc2ccccc2)[C@@H](CN)C[C@@H](C)C(=O)Nc2ccc(F)cc2)cc(C(=O)N2CCC[C@@H]2CC(C)C)c1. The molecular weight excluding hydrogens is 595 g/mol. The minimum atomic E-state index is -0.437. The van der Waals surface area contributed by atoms with E-state index >= 15 is 0 Å².